The Hall–Kier alpha value is -0.220. The van der Waals surface area contributed by atoms with Gasteiger partial charge in [-0.3, -0.25) is 4.79 Å². The molecule has 0 radical (unpaired) electrons. The van der Waals surface area contributed by atoms with Crippen molar-refractivity contribution in [2.45, 2.75) is 48.9 Å². The van der Waals surface area contributed by atoms with E-state index in [1.54, 1.807) is 0 Å². The van der Waals surface area contributed by atoms with Crippen LogP contribution in [0.1, 0.15) is 32.1 Å². The van der Waals surface area contributed by atoms with E-state index in [0.717, 1.165) is 19.5 Å². The molecule has 1 amide bonds. The Balaban J connectivity index is 1.54. The van der Waals surface area contributed by atoms with Crippen LogP contribution in [0.5, 0.6) is 0 Å². The highest BCUT2D eigenvalue weighted by molar-refractivity contribution is 8.00. The van der Waals surface area contributed by atoms with Crippen LogP contribution in [-0.2, 0) is 4.79 Å². The highest BCUT2D eigenvalue weighted by Gasteiger charge is 2.46. The SMILES string of the molecule is CSC1(CN2CCC(NC3CC3)C2=O)CC1. The molecule has 3 fully saturated rings. The Morgan fingerprint density at radius 1 is 1.44 bits per heavy atom. The summed E-state index contributed by atoms with van der Waals surface area (Å²) < 4.78 is 0.421. The molecular weight excluding hydrogens is 220 g/mol. The van der Waals surface area contributed by atoms with Crippen molar-refractivity contribution in [3.05, 3.63) is 0 Å². The second kappa shape index (κ2) is 3.91. The van der Waals surface area contributed by atoms with E-state index in [1.807, 2.05) is 11.8 Å². The van der Waals surface area contributed by atoms with Crippen LogP contribution in [0.4, 0.5) is 0 Å². The lowest BCUT2D eigenvalue weighted by molar-refractivity contribution is -0.129. The van der Waals surface area contributed by atoms with Crippen LogP contribution in [0.2, 0.25) is 0 Å². The predicted octanol–water partition coefficient (Wildman–Crippen LogP) is 1.23. The normalized spacial score (nSPS) is 32.2. The first-order valence-electron chi connectivity index (χ1n) is 6.32. The van der Waals surface area contributed by atoms with Gasteiger partial charge in [0.15, 0.2) is 0 Å². The zero-order chi connectivity index (χ0) is 11.2. The highest BCUT2D eigenvalue weighted by Crippen LogP contribution is 2.48. The summed E-state index contributed by atoms with van der Waals surface area (Å²) in [5.41, 5.74) is 0. The van der Waals surface area contributed by atoms with Gasteiger partial charge in [0.1, 0.15) is 0 Å². The van der Waals surface area contributed by atoms with Gasteiger partial charge in [-0.1, -0.05) is 0 Å². The summed E-state index contributed by atoms with van der Waals surface area (Å²) in [6, 6.07) is 0.773. The second-order valence-corrected chi connectivity index (χ2v) is 6.70. The number of hydrogen-bond acceptors (Lipinski definition) is 3. The molecule has 1 aliphatic heterocycles. The molecule has 3 rings (SSSR count). The topological polar surface area (TPSA) is 32.3 Å². The molecule has 2 saturated carbocycles. The number of rotatable bonds is 5. The van der Waals surface area contributed by atoms with Crippen molar-refractivity contribution in [2.24, 2.45) is 0 Å². The molecule has 0 aromatic carbocycles. The number of hydrogen-bond donors (Lipinski definition) is 1. The summed E-state index contributed by atoms with van der Waals surface area (Å²) in [4.78, 5) is 14.2. The predicted molar refractivity (Wildman–Crippen MR) is 66.6 cm³/mol. The van der Waals surface area contributed by atoms with E-state index in [2.05, 4.69) is 16.5 Å². The summed E-state index contributed by atoms with van der Waals surface area (Å²) in [5, 5.41) is 3.46. The molecule has 4 heteroatoms. The fourth-order valence-electron chi connectivity index (χ4n) is 2.50. The van der Waals surface area contributed by atoms with E-state index in [4.69, 9.17) is 0 Å². The molecule has 0 spiro atoms. The largest absolute Gasteiger partial charge is 0.340 e. The first-order chi connectivity index (χ1) is 7.72. The van der Waals surface area contributed by atoms with E-state index >= 15 is 0 Å². The van der Waals surface area contributed by atoms with Gasteiger partial charge in [0, 0.05) is 23.9 Å². The van der Waals surface area contributed by atoms with Gasteiger partial charge in [-0.15, -0.1) is 0 Å². The Kier molecular flexibility index (Phi) is 2.67. The minimum atomic E-state index is 0.130. The molecule has 3 nitrogen and oxygen atoms in total. The average molecular weight is 240 g/mol. The van der Waals surface area contributed by atoms with Crippen molar-refractivity contribution in [3.8, 4) is 0 Å². The van der Waals surface area contributed by atoms with Crippen LogP contribution in [0.3, 0.4) is 0 Å². The Morgan fingerprint density at radius 3 is 2.75 bits per heavy atom. The van der Waals surface area contributed by atoms with E-state index in [1.165, 1.54) is 25.7 Å². The van der Waals surface area contributed by atoms with Crippen LogP contribution >= 0.6 is 11.8 Å². The van der Waals surface area contributed by atoms with Crippen LogP contribution in [0, 0.1) is 0 Å². The summed E-state index contributed by atoms with van der Waals surface area (Å²) in [7, 11) is 0. The number of carbonyl (C=O) groups excluding carboxylic acids is 1. The van der Waals surface area contributed by atoms with Crippen molar-refractivity contribution in [3.63, 3.8) is 0 Å². The van der Waals surface area contributed by atoms with Crippen molar-refractivity contribution < 1.29 is 4.79 Å². The van der Waals surface area contributed by atoms with Crippen LogP contribution in [0.15, 0.2) is 0 Å². The number of likely N-dealkylation sites (tertiary alicyclic amines) is 1. The van der Waals surface area contributed by atoms with Gasteiger partial charge in [0.05, 0.1) is 6.04 Å². The molecule has 1 saturated heterocycles. The van der Waals surface area contributed by atoms with Crippen molar-refractivity contribution >= 4 is 17.7 Å². The van der Waals surface area contributed by atoms with Crippen molar-refractivity contribution in [1.82, 2.24) is 10.2 Å². The molecule has 0 aromatic heterocycles. The Labute approximate surface area is 101 Å². The van der Waals surface area contributed by atoms with E-state index in [9.17, 15) is 4.79 Å². The molecule has 16 heavy (non-hydrogen) atoms. The maximum absolute atomic E-state index is 12.1. The molecule has 0 aromatic rings. The van der Waals surface area contributed by atoms with Crippen LogP contribution in [0.25, 0.3) is 0 Å². The van der Waals surface area contributed by atoms with Crippen LogP contribution < -0.4 is 5.32 Å². The fourth-order valence-corrected chi connectivity index (χ4v) is 3.29. The lowest BCUT2D eigenvalue weighted by atomic mass is 10.2. The number of nitrogens with zero attached hydrogens (tertiary/aromatic N) is 1. The van der Waals surface area contributed by atoms with E-state index in [0.29, 0.717) is 16.7 Å². The third-order valence-electron chi connectivity index (χ3n) is 4.03. The number of carbonyl (C=O) groups is 1. The Bertz CT molecular complexity index is 299. The average Bonchev–Trinajstić information content (AvgIpc) is 3.17. The van der Waals surface area contributed by atoms with Gasteiger partial charge in [0.25, 0.3) is 0 Å². The summed E-state index contributed by atoms with van der Waals surface area (Å²) >= 11 is 1.94. The summed E-state index contributed by atoms with van der Waals surface area (Å²) in [6.07, 6.45) is 8.29. The van der Waals surface area contributed by atoms with Crippen molar-refractivity contribution in [2.75, 3.05) is 19.3 Å². The molecule has 3 aliphatic rings. The third kappa shape index (κ3) is 2.09. The lowest BCUT2D eigenvalue weighted by Gasteiger charge is -2.22. The van der Waals surface area contributed by atoms with Crippen molar-refractivity contribution in [1.29, 1.82) is 0 Å². The second-order valence-electron chi connectivity index (χ2n) is 5.43. The van der Waals surface area contributed by atoms with Gasteiger partial charge in [0.2, 0.25) is 5.91 Å². The summed E-state index contributed by atoms with van der Waals surface area (Å²) in [6.45, 7) is 1.95. The van der Waals surface area contributed by atoms with Gasteiger partial charge in [-0.2, -0.15) is 11.8 Å². The first kappa shape index (κ1) is 10.9. The minimum absolute atomic E-state index is 0.130. The standard InChI is InChI=1S/C12H20N2OS/c1-16-12(5-6-12)8-14-7-4-10(11(14)15)13-9-2-3-9/h9-10,13H,2-8H2,1H3. The molecule has 90 valence electrons. The molecule has 1 atom stereocenters. The number of amides is 1. The number of thioether (sulfide) groups is 1. The molecule has 1 unspecified atom stereocenters. The zero-order valence-corrected chi connectivity index (χ0v) is 10.7. The molecule has 1 heterocycles. The van der Waals surface area contributed by atoms with E-state index in [-0.39, 0.29) is 6.04 Å². The molecule has 0 bridgehead atoms. The Morgan fingerprint density at radius 2 is 2.19 bits per heavy atom. The lowest BCUT2D eigenvalue weighted by Crippen LogP contribution is -2.41. The van der Waals surface area contributed by atoms with Crippen LogP contribution in [-0.4, -0.2) is 47.0 Å². The maximum Gasteiger partial charge on any atom is 0.239 e. The quantitative estimate of drug-likeness (QED) is 0.784. The van der Waals surface area contributed by atoms with E-state index < -0.39 is 0 Å². The van der Waals surface area contributed by atoms with Gasteiger partial charge >= 0.3 is 0 Å². The third-order valence-corrected chi connectivity index (χ3v) is 5.43. The smallest absolute Gasteiger partial charge is 0.239 e. The summed E-state index contributed by atoms with van der Waals surface area (Å²) in [5.74, 6) is 0.354. The van der Waals surface area contributed by atoms with Gasteiger partial charge < -0.3 is 10.2 Å². The molecule has 2 aliphatic carbocycles. The van der Waals surface area contributed by atoms with Gasteiger partial charge in [-0.25, -0.2) is 0 Å². The van der Waals surface area contributed by atoms with Gasteiger partial charge in [-0.05, 0) is 38.4 Å². The zero-order valence-electron chi connectivity index (χ0n) is 9.87. The first-order valence-corrected chi connectivity index (χ1v) is 7.55. The molecular formula is C12H20N2OS. The number of nitrogens with one attached hydrogen (secondary N) is 1. The fraction of sp³-hybridized carbons (Fsp3) is 0.917. The minimum Gasteiger partial charge on any atom is -0.340 e. The molecule has 1 N–H and O–H groups in total. The maximum atomic E-state index is 12.1. The highest BCUT2D eigenvalue weighted by atomic mass is 32.2. The monoisotopic (exact) mass is 240 g/mol.